The van der Waals surface area contributed by atoms with Gasteiger partial charge in [0.15, 0.2) is 5.76 Å². The van der Waals surface area contributed by atoms with Gasteiger partial charge >= 0.3 is 0 Å². The van der Waals surface area contributed by atoms with Gasteiger partial charge in [-0.2, -0.15) is 0 Å². The predicted octanol–water partition coefficient (Wildman–Crippen LogP) is 2.18. The largest absolute Gasteiger partial charge is 0.381 e. The summed E-state index contributed by atoms with van der Waals surface area (Å²) in [6.07, 6.45) is 3.09. The average Bonchev–Trinajstić information content (AvgIpc) is 2.96. The summed E-state index contributed by atoms with van der Waals surface area (Å²) in [4.78, 5) is 0. The topological polar surface area (TPSA) is 81.4 Å². The molecule has 7 heteroatoms. The quantitative estimate of drug-likeness (QED) is 0.834. The van der Waals surface area contributed by atoms with Crippen molar-refractivity contribution >= 4 is 10.0 Å². The molecule has 1 aliphatic heterocycles. The lowest BCUT2D eigenvalue weighted by Gasteiger charge is -2.22. The zero-order valence-corrected chi connectivity index (χ0v) is 13.5. The van der Waals surface area contributed by atoms with Crippen LogP contribution in [0.2, 0.25) is 0 Å². The summed E-state index contributed by atoms with van der Waals surface area (Å²) in [7, 11) is -3.32. The Morgan fingerprint density at radius 2 is 2.00 bits per heavy atom. The third-order valence-electron chi connectivity index (χ3n) is 4.04. The van der Waals surface area contributed by atoms with Gasteiger partial charge in [0.1, 0.15) is 0 Å². The van der Waals surface area contributed by atoms with Gasteiger partial charge in [-0.3, -0.25) is 0 Å². The van der Waals surface area contributed by atoms with Gasteiger partial charge in [0.2, 0.25) is 10.0 Å². The molecule has 0 aliphatic carbocycles. The average molecular weight is 316 g/mol. The first-order chi connectivity index (χ1) is 10.1. The molecule has 0 atom stereocenters. The fraction of sp³-hybridized carbons (Fsp3) is 0.786. The summed E-state index contributed by atoms with van der Waals surface area (Å²) in [5.74, 6) is 0.933. The number of sulfonamides is 1. The van der Waals surface area contributed by atoms with E-state index in [1.165, 1.54) is 0 Å². The first-order valence-electron chi connectivity index (χ1n) is 7.58. The van der Waals surface area contributed by atoms with Gasteiger partial charge in [-0.1, -0.05) is 19.0 Å². The van der Waals surface area contributed by atoms with Crippen molar-refractivity contribution in [3.8, 4) is 0 Å². The summed E-state index contributed by atoms with van der Waals surface area (Å²) >= 11 is 0. The maximum Gasteiger partial charge on any atom is 0.215 e. The Hall–Kier alpha value is -0.920. The first-order valence-corrected chi connectivity index (χ1v) is 9.13. The van der Waals surface area contributed by atoms with Crippen LogP contribution >= 0.6 is 0 Å². The second kappa shape index (κ2) is 7.38. The van der Waals surface area contributed by atoms with Gasteiger partial charge in [-0.15, -0.1) is 0 Å². The number of hydrogen-bond donors (Lipinski definition) is 1. The molecule has 6 nitrogen and oxygen atoms in total. The van der Waals surface area contributed by atoms with Gasteiger partial charge in [0.05, 0.1) is 17.5 Å². The van der Waals surface area contributed by atoms with E-state index in [0.717, 1.165) is 18.5 Å². The number of nitrogens with zero attached hydrogens (tertiary/aromatic N) is 1. The van der Waals surface area contributed by atoms with E-state index >= 15 is 0 Å². The molecule has 2 heterocycles. The van der Waals surface area contributed by atoms with Gasteiger partial charge in [-0.25, -0.2) is 13.1 Å². The second-order valence-electron chi connectivity index (χ2n) is 5.41. The molecule has 0 radical (unpaired) electrons. The molecule has 0 saturated carbocycles. The summed E-state index contributed by atoms with van der Waals surface area (Å²) < 4.78 is 37.4. The molecular weight excluding hydrogens is 292 g/mol. The molecule has 1 N–H and O–H groups in total. The lowest BCUT2D eigenvalue weighted by Crippen LogP contribution is -2.37. The SMILES string of the molecule is CCC(CC)c1cc(CNS(=O)(=O)C2CCOCC2)on1. The summed E-state index contributed by atoms with van der Waals surface area (Å²) in [6, 6.07) is 1.85. The molecule has 1 aliphatic rings. The number of rotatable bonds is 7. The lowest BCUT2D eigenvalue weighted by molar-refractivity contribution is 0.0981. The molecule has 120 valence electrons. The van der Waals surface area contributed by atoms with E-state index in [1.54, 1.807) is 0 Å². The molecular formula is C14H24N2O4S. The Morgan fingerprint density at radius 3 is 2.62 bits per heavy atom. The summed E-state index contributed by atoms with van der Waals surface area (Å²) in [5.41, 5.74) is 0.903. The van der Waals surface area contributed by atoms with Crippen molar-refractivity contribution in [3.63, 3.8) is 0 Å². The molecule has 0 amide bonds. The molecule has 21 heavy (non-hydrogen) atoms. The molecule has 1 saturated heterocycles. The monoisotopic (exact) mass is 316 g/mol. The van der Waals surface area contributed by atoms with Crippen LogP contribution in [0.1, 0.15) is 56.9 Å². The van der Waals surface area contributed by atoms with Crippen LogP contribution in [0.25, 0.3) is 0 Å². The van der Waals surface area contributed by atoms with Crippen LogP contribution in [-0.2, 0) is 21.3 Å². The summed E-state index contributed by atoms with van der Waals surface area (Å²) in [5, 5.41) is 3.67. The highest BCUT2D eigenvalue weighted by Crippen LogP contribution is 2.22. The molecule has 2 rings (SSSR count). The maximum atomic E-state index is 12.2. The molecule has 0 unspecified atom stereocenters. The third-order valence-corrected chi connectivity index (χ3v) is 5.93. The van der Waals surface area contributed by atoms with Crippen LogP contribution in [0.15, 0.2) is 10.6 Å². The summed E-state index contributed by atoms with van der Waals surface area (Å²) in [6.45, 7) is 5.39. The molecule has 0 spiro atoms. The Labute approximate surface area is 126 Å². The normalized spacial score (nSPS) is 17.5. The van der Waals surface area contributed by atoms with Crippen LogP contribution in [-0.4, -0.2) is 32.0 Å². The molecule has 1 aromatic heterocycles. The van der Waals surface area contributed by atoms with Crippen molar-refractivity contribution in [2.24, 2.45) is 0 Å². The highest BCUT2D eigenvalue weighted by molar-refractivity contribution is 7.90. The lowest BCUT2D eigenvalue weighted by atomic mass is 9.99. The van der Waals surface area contributed by atoms with E-state index in [2.05, 4.69) is 23.7 Å². The standard InChI is InChI=1S/C14H24N2O4S/c1-3-11(4-2)14-9-12(20-16-14)10-15-21(17,18)13-5-7-19-8-6-13/h9,11,13,15H,3-8,10H2,1-2H3. The minimum atomic E-state index is -3.32. The third kappa shape index (κ3) is 4.28. The number of ether oxygens (including phenoxy) is 1. The van der Waals surface area contributed by atoms with Crippen molar-refractivity contribution < 1.29 is 17.7 Å². The van der Waals surface area contributed by atoms with E-state index in [4.69, 9.17) is 9.26 Å². The van der Waals surface area contributed by atoms with Crippen molar-refractivity contribution in [2.45, 2.75) is 57.2 Å². The Bertz CT molecular complexity index is 531. The van der Waals surface area contributed by atoms with Gasteiger partial charge in [0.25, 0.3) is 0 Å². The zero-order chi connectivity index (χ0) is 15.3. The predicted molar refractivity (Wildman–Crippen MR) is 79.4 cm³/mol. The molecule has 1 aromatic rings. The second-order valence-corrected chi connectivity index (χ2v) is 7.45. The zero-order valence-electron chi connectivity index (χ0n) is 12.7. The van der Waals surface area contributed by atoms with Crippen LogP contribution in [0.3, 0.4) is 0 Å². The van der Waals surface area contributed by atoms with E-state index in [0.29, 0.717) is 37.7 Å². The van der Waals surface area contributed by atoms with Gasteiger partial charge in [-0.05, 0) is 25.7 Å². The minimum Gasteiger partial charge on any atom is -0.381 e. The molecule has 0 bridgehead atoms. The minimum absolute atomic E-state index is 0.160. The molecule has 1 fully saturated rings. The van der Waals surface area contributed by atoms with E-state index < -0.39 is 10.0 Å². The fourth-order valence-corrected chi connectivity index (χ4v) is 3.98. The number of aromatic nitrogens is 1. The Kier molecular flexibility index (Phi) is 5.78. The van der Waals surface area contributed by atoms with Crippen molar-refractivity contribution in [1.82, 2.24) is 9.88 Å². The Balaban J connectivity index is 1.93. The number of nitrogens with one attached hydrogen (secondary N) is 1. The van der Waals surface area contributed by atoms with Gasteiger partial charge < -0.3 is 9.26 Å². The fourth-order valence-electron chi connectivity index (χ4n) is 2.59. The van der Waals surface area contributed by atoms with Crippen LogP contribution in [0.5, 0.6) is 0 Å². The Morgan fingerprint density at radius 1 is 1.33 bits per heavy atom. The smallest absolute Gasteiger partial charge is 0.215 e. The van der Waals surface area contributed by atoms with Crippen molar-refractivity contribution in [2.75, 3.05) is 13.2 Å². The maximum absolute atomic E-state index is 12.2. The van der Waals surface area contributed by atoms with Crippen molar-refractivity contribution in [3.05, 3.63) is 17.5 Å². The first kappa shape index (κ1) is 16.5. The number of hydrogen-bond acceptors (Lipinski definition) is 5. The van der Waals surface area contributed by atoms with Crippen LogP contribution in [0, 0.1) is 0 Å². The molecule has 0 aromatic carbocycles. The van der Waals surface area contributed by atoms with Crippen LogP contribution < -0.4 is 4.72 Å². The highest BCUT2D eigenvalue weighted by Gasteiger charge is 2.27. The van der Waals surface area contributed by atoms with Gasteiger partial charge in [0, 0.05) is 25.2 Å². The van der Waals surface area contributed by atoms with E-state index in [9.17, 15) is 8.42 Å². The highest BCUT2D eigenvalue weighted by atomic mass is 32.2. The van der Waals surface area contributed by atoms with Crippen molar-refractivity contribution in [1.29, 1.82) is 0 Å². The van der Waals surface area contributed by atoms with E-state index in [1.807, 2.05) is 6.07 Å². The van der Waals surface area contributed by atoms with Crippen LogP contribution in [0.4, 0.5) is 0 Å². The van der Waals surface area contributed by atoms with E-state index in [-0.39, 0.29) is 11.8 Å².